The Morgan fingerprint density at radius 3 is 2.93 bits per heavy atom. The van der Waals surface area contributed by atoms with Crippen molar-refractivity contribution < 1.29 is 14.6 Å². The van der Waals surface area contributed by atoms with Crippen molar-refractivity contribution in [1.29, 1.82) is 0 Å². The minimum Gasteiger partial charge on any atom is -0.481 e. The van der Waals surface area contributed by atoms with Gasteiger partial charge in [0.1, 0.15) is 0 Å². The lowest BCUT2D eigenvalue weighted by molar-refractivity contribution is -0.137. The van der Waals surface area contributed by atoms with Crippen molar-refractivity contribution in [2.75, 3.05) is 19.7 Å². The Bertz CT molecular complexity index is 167. The molecule has 1 fully saturated rings. The van der Waals surface area contributed by atoms with Crippen LogP contribution in [0.15, 0.2) is 0 Å². The van der Waals surface area contributed by atoms with Crippen molar-refractivity contribution in [3.8, 4) is 0 Å². The maximum Gasteiger partial charge on any atom is 0.303 e. The van der Waals surface area contributed by atoms with Gasteiger partial charge in [-0.25, -0.2) is 0 Å². The van der Waals surface area contributed by atoms with Gasteiger partial charge in [-0.1, -0.05) is 6.42 Å². The van der Waals surface area contributed by atoms with Crippen LogP contribution in [0.25, 0.3) is 0 Å². The molecule has 0 radical (unpaired) electrons. The molecule has 0 amide bonds. The van der Waals surface area contributed by atoms with Crippen molar-refractivity contribution in [3.05, 3.63) is 0 Å². The van der Waals surface area contributed by atoms with Gasteiger partial charge in [-0.15, -0.1) is 0 Å². The van der Waals surface area contributed by atoms with Crippen LogP contribution in [0.1, 0.15) is 32.1 Å². The zero-order valence-electron chi connectivity index (χ0n) is 8.50. The predicted molar refractivity (Wildman–Crippen MR) is 53.3 cm³/mol. The first-order chi connectivity index (χ1) is 6.79. The standard InChI is InChI=1S/C10H19NO3/c12-10(13)4-2-1-3-7-14-9-5-6-11-8-9/h9,11H,1-8H2,(H,12,13). The molecule has 14 heavy (non-hydrogen) atoms. The van der Waals surface area contributed by atoms with Crippen LogP contribution >= 0.6 is 0 Å². The van der Waals surface area contributed by atoms with Crippen LogP contribution < -0.4 is 5.32 Å². The Morgan fingerprint density at radius 1 is 1.43 bits per heavy atom. The molecule has 1 heterocycles. The van der Waals surface area contributed by atoms with E-state index in [1.807, 2.05) is 0 Å². The molecule has 1 atom stereocenters. The summed E-state index contributed by atoms with van der Waals surface area (Å²) in [6, 6.07) is 0. The molecule has 1 saturated heterocycles. The van der Waals surface area contributed by atoms with Gasteiger partial charge in [-0.3, -0.25) is 4.79 Å². The summed E-state index contributed by atoms with van der Waals surface area (Å²) >= 11 is 0. The summed E-state index contributed by atoms with van der Waals surface area (Å²) in [5, 5.41) is 11.6. The molecular formula is C10H19NO3. The maximum atomic E-state index is 10.2. The highest BCUT2D eigenvalue weighted by Gasteiger charge is 2.13. The molecule has 0 spiro atoms. The Kier molecular flexibility index (Phi) is 5.56. The lowest BCUT2D eigenvalue weighted by atomic mass is 10.2. The Balaban J connectivity index is 1.82. The van der Waals surface area contributed by atoms with Crippen LogP contribution in [0.2, 0.25) is 0 Å². The summed E-state index contributed by atoms with van der Waals surface area (Å²) in [6.07, 6.45) is 4.47. The zero-order chi connectivity index (χ0) is 10.2. The fourth-order valence-corrected chi connectivity index (χ4v) is 1.58. The molecule has 0 saturated carbocycles. The van der Waals surface area contributed by atoms with E-state index in [0.29, 0.717) is 6.10 Å². The van der Waals surface area contributed by atoms with Gasteiger partial charge in [0.25, 0.3) is 0 Å². The quantitative estimate of drug-likeness (QED) is 0.603. The third kappa shape index (κ3) is 5.19. The van der Waals surface area contributed by atoms with E-state index in [4.69, 9.17) is 9.84 Å². The van der Waals surface area contributed by atoms with E-state index in [0.717, 1.165) is 45.4 Å². The van der Waals surface area contributed by atoms with Crippen LogP contribution in [0, 0.1) is 0 Å². The minimum atomic E-state index is -0.703. The summed E-state index contributed by atoms with van der Waals surface area (Å²) in [6.45, 7) is 2.80. The first-order valence-corrected chi connectivity index (χ1v) is 5.33. The van der Waals surface area contributed by atoms with E-state index < -0.39 is 5.97 Å². The average molecular weight is 201 g/mol. The number of unbranched alkanes of at least 4 members (excludes halogenated alkanes) is 2. The fourth-order valence-electron chi connectivity index (χ4n) is 1.58. The Morgan fingerprint density at radius 2 is 2.29 bits per heavy atom. The SMILES string of the molecule is O=C(O)CCCCCOC1CCNC1. The summed E-state index contributed by atoms with van der Waals surface area (Å²) < 4.78 is 5.60. The largest absolute Gasteiger partial charge is 0.481 e. The number of carboxylic acid groups (broad SMARTS) is 1. The first kappa shape index (κ1) is 11.5. The second kappa shape index (κ2) is 6.79. The molecule has 1 rings (SSSR count). The smallest absolute Gasteiger partial charge is 0.303 e. The minimum absolute atomic E-state index is 0.283. The molecule has 1 aliphatic heterocycles. The second-order valence-electron chi connectivity index (χ2n) is 3.69. The van der Waals surface area contributed by atoms with Gasteiger partial charge in [0.05, 0.1) is 6.10 Å². The van der Waals surface area contributed by atoms with Gasteiger partial charge in [-0.2, -0.15) is 0 Å². The van der Waals surface area contributed by atoms with Gasteiger partial charge in [-0.05, 0) is 25.8 Å². The van der Waals surface area contributed by atoms with Crippen LogP contribution in [-0.4, -0.2) is 36.9 Å². The normalized spacial score (nSPS) is 21.3. The number of aliphatic carboxylic acids is 1. The molecule has 0 aromatic carbocycles. The Hall–Kier alpha value is -0.610. The van der Waals surface area contributed by atoms with E-state index >= 15 is 0 Å². The van der Waals surface area contributed by atoms with E-state index in [2.05, 4.69) is 5.32 Å². The fraction of sp³-hybridized carbons (Fsp3) is 0.900. The summed E-state index contributed by atoms with van der Waals surface area (Å²) in [5.74, 6) is -0.703. The van der Waals surface area contributed by atoms with Crippen LogP contribution in [0.4, 0.5) is 0 Å². The van der Waals surface area contributed by atoms with Gasteiger partial charge >= 0.3 is 5.97 Å². The highest BCUT2D eigenvalue weighted by molar-refractivity contribution is 5.66. The van der Waals surface area contributed by atoms with Crippen molar-refractivity contribution in [2.24, 2.45) is 0 Å². The van der Waals surface area contributed by atoms with Gasteiger partial charge in [0.15, 0.2) is 0 Å². The zero-order valence-corrected chi connectivity index (χ0v) is 8.50. The molecule has 0 bridgehead atoms. The van der Waals surface area contributed by atoms with Crippen molar-refractivity contribution in [3.63, 3.8) is 0 Å². The number of carboxylic acids is 1. The van der Waals surface area contributed by atoms with E-state index in [1.54, 1.807) is 0 Å². The molecule has 82 valence electrons. The molecule has 1 aliphatic rings. The van der Waals surface area contributed by atoms with Crippen molar-refractivity contribution in [1.82, 2.24) is 5.32 Å². The van der Waals surface area contributed by atoms with Crippen LogP contribution in [0.3, 0.4) is 0 Å². The van der Waals surface area contributed by atoms with E-state index in [-0.39, 0.29) is 6.42 Å². The summed E-state index contributed by atoms with van der Waals surface area (Å²) in [4.78, 5) is 10.2. The highest BCUT2D eigenvalue weighted by atomic mass is 16.5. The predicted octanol–water partition coefficient (Wildman–Crippen LogP) is 1.01. The third-order valence-corrected chi connectivity index (χ3v) is 2.40. The van der Waals surface area contributed by atoms with Gasteiger partial charge in [0, 0.05) is 19.6 Å². The number of ether oxygens (including phenoxy) is 1. The molecule has 0 aromatic heterocycles. The lowest BCUT2D eigenvalue weighted by Gasteiger charge is -2.09. The van der Waals surface area contributed by atoms with E-state index in [1.165, 1.54) is 0 Å². The second-order valence-corrected chi connectivity index (χ2v) is 3.69. The summed E-state index contributed by atoms with van der Waals surface area (Å²) in [5.41, 5.74) is 0. The number of rotatable bonds is 7. The number of hydrogen-bond acceptors (Lipinski definition) is 3. The van der Waals surface area contributed by atoms with Gasteiger partial charge in [0.2, 0.25) is 0 Å². The number of carbonyl (C=O) groups is 1. The monoisotopic (exact) mass is 201 g/mol. The molecule has 1 unspecified atom stereocenters. The van der Waals surface area contributed by atoms with Gasteiger partial charge < -0.3 is 15.2 Å². The van der Waals surface area contributed by atoms with Crippen molar-refractivity contribution >= 4 is 5.97 Å². The molecule has 0 aromatic rings. The van der Waals surface area contributed by atoms with Crippen molar-refractivity contribution in [2.45, 2.75) is 38.2 Å². The molecule has 0 aliphatic carbocycles. The number of nitrogens with one attached hydrogen (secondary N) is 1. The molecule has 2 N–H and O–H groups in total. The maximum absolute atomic E-state index is 10.2. The Labute approximate surface area is 84.6 Å². The molecule has 4 nitrogen and oxygen atoms in total. The first-order valence-electron chi connectivity index (χ1n) is 5.33. The lowest BCUT2D eigenvalue weighted by Crippen LogP contribution is -2.17. The van der Waals surface area contributed by atoms with Crippen LogP contribution in [-0.2, 0) is 9.53 Å². The van der Waals surface area contributed by atoms with E-state index in [9.17, 15) is 4.79 Å². The summed E-state index contributed by atoms with van der Waals surface area (Å²) in [7, 11) is 0. The molecule has 4 heteroatoms. The topological polar surface area (TPSA) is 58.6 Å². The average Bonchev–Trinajstić information content (AvgIpc) is 2.63. The molecular weight excluding hydrogens is 182 g/mol. The van der Waals surface area contributed by atoms with Crippen LogP contribution in [0.5, 0.6) is 0 Å². The third-order valence-electron chi connectivity index (χ3n) is 2.40. The number of hydrogen-bond donors (Lipinski definition) is 2. The highest BCUT2D eigenvalue weighted by Crippen LogP contribution is 2.05.